The molecule has 0 aliphatic heterocycles. The maximum absolute atomic E-state index is 10.3. The molecule has 0 saturated carbocycles. The number of phenols is 2. The summed E-state index contributed by atoms with van der Waals surface area (Å²) in [5.74, 6) is 0.674. The van der Waals surface area contributed by atoms with Crippen molar-refractivity contribution in [2.24, 2.45) is 4.99 Å². The van der Waals surface area contributed by atoms with Crippen molar-refractivity contribution in [3.8, 4) is 23.0 Å². The van der Waals surface area contributed by atoms with Gasteiger partial charge in [0.1, 0.15) is 17.0 Å². The monoisotopic (exact) mass is 372 g/mol. The molecular weight excluding hydrogens is 352 g/mol. The topological polar surface area (TPSA) is 78.9 Å². The van der Waals surface area contributed by atoms with Gasteiger partial charge in [0.15, 0.2) is 5.58 Å². The summed E-state index contributed by atoms with van der Waals surface area (Å²) in [5, 5.41) is 20.1. The fraction of sp³-hybridized carbons (Fsp3) is 0.130. The maximum Gasteiger partial charge on any atom is 0.227 e. The molecule has 0 aliphatic carbocycles. The number of oxazole rings is 1. The number of fused-ring (bicyclic) bond motifs is 1. The molecule has 5 nitrogen and oxygen atoms in total. The fourth-order valence-corrected chi connectivity index (χ4v) is 3.10. The van der Waals surface area contributed by atoms with Crippen molar-refractivity contribution in [1.29, 1.82) is 0 Å². The number of aromatic nitrogens is 1. The summed E-state index contributed by atoms with van der Waals surface area (Å²) in [7, 11) is 0. The maximum atomic E-state index is 10.3. The molecule has 0 fully saturated rings. The normalized spacial score (nSPS) is 11.5. The molecule has 2 N–H and O–H groups in total. The third-order valence-corrected chi connectivity index (χ3v) is 4.75. The molecule has 1 heterocycles. The lowest BCUT2D eigenvalue weighted by Crippen LogP contribution is -1.91. The predicted molar refractivity (Wildman–Crippen MR) is 111 cm³/mol. The Labute approximate surface area is 162 Å². The number of aryl methyl sites for hydroxylation is 2. The Morgan fingerprint density at radius 2 is 1.82 bits per heavy atom. The lowest BCUT2D eigenvalue weighted by Gasteiger charge is -2.08. The van der Waals surface area contributed by atoms with Crippen LogP contribution in [0.5, 0.6) is 11.5 Å². The summed E-state index contributed by atoms with van der Waals surface area (Å²) in [4.78, 5) is 9.04. The molecule has 28 heavy (non-hydrogen) atoms. The van der Waals surface area contributed by atoms with Crippen molar-refractivity contribution < 1.29 is 14.6 Å². The highest BCUT2D eigenvalue weighted by molar-refractivity contribution is 5.89. The van der Waals surface area contributed by atoms with Crippen molar-refractivity contribution in [2.75, 3.05) is 0 Å². The van der Waals surface area contributed by atoms with Crippen molar-refractivity contribution in [1.82, 2.24) is 4.98 Å². The lowest BCUT2D eigenvalue weighted by atomic mass is 10.0. The van der Waals surface area contributed by atoms with Crippen molar-refractivity contribution in [3.63, 3.8) is 0 Å². The zero-order valence-electron chi connectivity index (χ0n) is 15.9. The molecule has 4 rings (SSSR count). The van der Waals surface area contributed by atoms with Gasteiger partial charge in [-0.3, -0.25) is 4.99 Å². The van der Waals surface area contributed by atoms with Crippen molar-refractivity contribution in [2.45, 2.75) is 20.8 Å². The molecule has 3 aromatic carbocycles. The van der Waals surface area contributed by atoms with Gasteiger partial charge in [0, 0.05) is 22.9 Å². The Morgan fingerprint density at radius 1 is 1.00 bits per heavy atom. The largest absolute Gasteiger partial charge is 0.508 e. The summed E-state index contributed by atoms with van der Waals surface area (Å²) in [5.41, 5.74) is 5.93. The third kappa shape index (κ3) is 3.22. The minimum Gasteiger partial charge on any atom is -0.508 e. The van der Waals surface area contributed by atoms with Crippen LogP contribution in [-0.4, -0.2) is 21.4 Å². The smallest absolute Gasteiger partial charge is 0.227 e. The van der Waals surface area contributed by atoms with Crippen LogP contribution < -0.4 is 0 Å². The number of aromatic hydroxyl groups is 2. The zero-order valence-corrected chi connectivity index (χ0v) is 15.9. The molecule has 140 valence electrons. The van der Waals surface area contributed by atoms with Crippen LogP contribution in [0.25, 0.3) is 22.6 Å². The first kappa shape index (κ1) is 17.8. The first-order valence-corrected chi connectivity index (χ1v) is 8.96. The molecule has 1 aromatic heterocycles. The zero-order chi connectivity index (χ0) is 19.8. The highest BCUT2D eigenvalue weighted by Crippen LogP contribution is 2.32. The Balaban J connectivity index is 1.69. The van der Waals surface area contributed by atoms with E-state index in [1.165, 1.54) is 0 Å². The van der Waals surface area contributed by atoms with Crippen LogP contribution >= 0.6 is 0 Å². The van der Waals surface area contributed by atoms with E-state index < -0.39 is 0 Å². The van der Waals surface area contributed by atoms with E-state index in [1.54, 1.807) is 19.2 Å². The number of aliphatic imine (C=N–C) groups is 1. The number of nitrogens with zero attached hydrogens (tertiary/aromatic N) is 2. The van der Waals surface area contributed by atoms with Gasteiger partial charge >= 0.3 is 0 Å². The fourth-order valence-electron chi connectivity index (χ4n) is 3.10. The quantitative estimate of drug-likeness (QED) is 0.460. The van der Waals surface area contributed by atoms with Crippen LogP contribution in [0.1, 0.15) is 22.3 Å². The standard InChI is InChI=1S/C23H20N2O3/c1-13-5-4-6-16(9-13)23-25-19-11-17(7-8-21(19)28-23)24-12-18-14(2)10-20(26)15(3)22(18)27/h4-12,26-27H,1-3H3. The summed E-state index contributed by atoms with van der Waals surface area (Å²) in [6.07, 6.45) is 1.60. The van der Waals surface area contributed by atoms with Gasteiger partial charge in [-0.05, 0) is 62.7 Å². The van der Waals surface area contributed by atoms with Gasteiger partial charge < -0.3 is 14.6 Å². The second kappa shape index (κ2) is 6.85. The van der Waals surface area contributed by atoms with E-state index in [1.807, 2.05) is 56.3 Å². The molecule has 0 aliphatic rings. The molecular formula is C23H20N2O3. The Morgan fingerprint density at radius 3 is 2.61 bits per heavy atom. The summed E-state index contributed by atoms with van der Waals surface area (Å²) in [6, 6.07) is 15.1. The van der Waals surface area contributed by atoms with Gasteiger partial charge in [-0.15, -0.1) is 0 Å². The van der Waals surface area contributed by atoms with Gasteiger partial charge in [-0.2, -0.15) is 0 Å². The van der Waals surface area contributed by atoms with Crippen LogP contribution in [0.2, 0.25) is 0 Å². The first-order valence-electron chi connectivity index (χ1n) is 8.96. The minimum absolute atomic E-state index is 0.0329. The molecule has 0 unspecified atom stereocenters. The molecule has 0 radical (unpaired) electrons. The minimum atomic E-state index is 0.0329. The van der Waals surface area contributed by atoms with Crippen LogP contribution in [0, 0.1) is 20.8 Å². The second-order valence-electron chi connectivity index (χ2n) is 6.90. The molecule has 0 amide bonds. The van der Waals surface area contributed by atoms with Crippen molar-refractivity contribution in [3.05, 3.63) is 70.8 Å². The van der Waals surface area contributed by atoms with E-state index in [0.717, 1.165) is 16.7 Å². The number of benzene rings is 3. The van der Waals surface area contributed by atoms with Crippen LogP contribution in [0.4, 0.5) is 5.69 Å². The van der Waals surface area contributed by atoms with Crippen LogP contribution in [-0.2, 0) is 0 Å². The third-order valence-electron chi connectivity index (χ3n) is 4.75. The van der Waals surface area contributed by atoms with E-state index in [-0.39, 0.29) is 11.5 Å². The average molecular weight is 372 g/mol. The first-order chi connectivity index (χ1) is 13.4. The predicted octanol–water partition coefficient (Wildman–Crippen LogP) is 5.58. The van der Waals surface area contributed by atoms with E-state index >= 15 is 0 Å². The average Bonchev–Trinajstić information content (AvgIpc) is 3.09. The van der Waals surface area contributed by atoms with E-state index in [4.69, 9.17) is 4.42 Å². The van der Waals surface area contributed by atoms with Gasteiger partial charge in [-0.1, -0.05) is 17.7 Å². The number of rotatable bonds is 3. The SMILES string of the molecule is Cc1cccc(-c2nc3cc(N=Cc4c(C)cc(O)c(C)c4O)ccc3o2)c1. The molecule has 0 saturated heterocycles. The molecule has 0 atom stereocenters. The Hall–Kier alpha value is -3.60. The van der Waals surface area contributed by atoms with Gasteiger partial charge in [0.2, 0.25) is 5.89 Å². The summed E-state index contributed by atoms with van der Waals surface area (Å²) >= 11 is 0. The van der Waals surface area contributed by atoms with E-state index in [9.17, 15) is 10.2 Å². The number of hydrogen-bond donors (Lipinski definition) is 2. The van der Waals surface area contributed by atoms with E-state index in [0.29, 0.717) is 33.8 Å². The molecule has 0 spiro atoms. The van der Waals surface area contributed by atoms with Crippen molar-refractivity contribution >= 4 is 23.0 Å². The highest BCUT2D eigenvalue weighted by atomic mass is 16.3. The van der Waals surface area contributed by atoms with Gasteiger partial charge in [0.05, 0.1) is 5.69 Å². The molecule has 5 heteroatoms. The Kier molecular flexibility index (Phi) is 4.35. The van der Waals surface area contributed by atoms with E-state index in [2.05, 4.69) is 9.98 Å². The second-order valence-corrected chi connectivity index (χ2v) is 6.90. The highest BCUT2D eigenvalue weighted by Gasteiger charge is 2.11. The van der Waals surface area contributed by atoms with Gasteiger partial charge in [-0.25, -0.2) is 4.98 Å². The van der Waals surface area contributed by atoms with Crippen LogP contribution in [0.15, 0.2) is 57.9 Å². The summed E-state index contributed by atoms with van der Waals surface area (Å²) < 4.78 is 5.86. The van der Waals surface area contributed by atoms with Crippen LogP contribution in [0.3, 0.4) is 0 Å². The molecule has 0 bridgehead atoms. The number of hydrogen-bond acceptors (Lipinski definition) is 5. The molecule has 4 aromatic rings. The Bertz CT molecular complexity index is 1220. The summed E-state index contributed by atoms with van der Waals surface area (Å²) in [6.45, 7) is 5.51. The van der Waals surface area contributed by atoms with Gasteiger partial charge in [0.25, 0.3) is 0 Å². The number of phenolic OH excluding ortho intramolecular Hbond substituents is 2. The lowest BCUT2D eigenvalue weighted by molar-refractivity contribution is 0.442.